The molecule has 1 heterocycles. The zero-order valence-corrected chi connectivity index (χ0v) is 18.6. The molecule has 0 unspecified atom stereocenters. The van der Waals surface area contributed by atoms with E-state index < -0.39 is 5.97 Å². The molecule has 0 amide bonds. The maximum Gasteiger partial charge on any atom is 0.306 e. The highest BCUT2D eigenvalue weighted by atomic mass is 35.5. The van der Waals surface area contributed by atoms with Gasteiger partial charge in [-0.25, -0.2) is 0 Å². The van der Waals surface area contributed by atoms with Gasteiger partial charge in [0.25, 0.3) is 5.89 Å². The van der Waals surface area contributed by atoms with E-state index in [1.165, 1.54) is 5.56 Å². The minimum absolute atomic E-state index is 0. The molecule has 6 nitrogen and oxygen atoms in total. The topological polar surface area (TPSA) is 88.2 Å². The normalized spacial score (nSPS) is 17.8. The van der Waals surface area contributed by atoms with E-state index in [9.17, 15) is 4.79 Å². The van der Waals surface area contributed by atoms with Crippen LogP contribution >= 0.6 is 12.4 Å². The molecule has 7 heteroatoms. The van der Waals surface area contributed by atoms with Gasteiger partial charge in [0.05, 0.1) is 5.92 Å². The molecule has 1 aliphatic carbocycles. The third-order valence-electron chi connectivity index (χ3n) is 5.57. The molecular formula is C24H28ClN3O3. The fraction of sp³-hybridized carbons (Fsp3) is 0.375. The first-order valence-corrected chi connectivity index (χ1v) is 10.5. The summed E-state index contributed by atoms with van der Waals surface area (Å²) in [4.78, 5) is 15.4. The molecule has 1 aromatic heterocycles. The standard InChI is InChI=1S/C24H27N3O3.ClH/c1-15(2)11-16-3-9-19(10-4-16)23-26-22(27-30-23)18-7-5-17(6-8-18)14-25-21-12-20(13-21)24(28)29;/h3-10,15,20-21,25H,11-14H2,1-2H3,(H,28,29);1H. The molecule has 4 rings (SSSR count). The molecule has 164 valence electrons. The van der Waals surface area contributed by atoms with Gasteiger partial charge >= 0.3 is 5.97 Å². The molecular weight excluding hydrogens is 414 g/mol. The van der Waals surface area contributed by atoms with Crippen LogP contribution in [0.1, 0.15) is 37.8 Å². The molecule has 0 saturated heterocycles. The Balaban J connectivity index is 0.00000272. The van der Waals surface area contributed by atoms with Crippen LogP contribution < -0.4 is 5.32 Å². The van der Waals surface area contributed by atoms with Gasteiger partial charge < -0.3 is 14.9 Å². The first-order valence-electron chi connectivity index (χ1n) is 10.5. The number of hydrogen-bond donors (Lipinski definition) is 2. The van der Waals surface area contributed by atoms with Gasteiger partial charge in [-0.15, -0.1) is 12.4 Å². The lowest BCUT2D eigenvalue weighted by molar-refractivity contribution is -0.145. The number of aliphatic carboxylic acids is 1. The van der Waals surface area contributed by atoms with Crippen molar-refractivity contribution >= 4 is 18.4 Å². The Kier molecular flexibility index (Phi) is 7.46. The number of nitrogens with zero attached hydrogens (tertiary/aromatic N) is 2. The Labute approximate surface area is 188 Å². The van der Waals surface area contributed by atoms with E-state index in [4.69, 9.17) is 9.63 Å². The smallest absolute Gasteiger partial charge is 0.306 e. The number of carboxylic acids is 1. The summed E-state index contributed by atoms with van der Waals surface area (Å²) in [5.41, 5.74) is 4.27. The van der Waals surface area contributed by atoms with Gasteiger partial charge in [0.1, 0.15) is 0 Å². The lowest BCUT2D eigenvalue weighted by Gasteiger charge is -2.33. The average Bonchev–Trinajstić information content (AvgIpc) is 3.17. The fourth-order valence-corrected chi connectivity index (χ4v) is 3.73. The molecule has 2 N–H and O–H groups in total. The maximum atomic E-state index is 10.9. The van der Waals surface area contributed by atoms with Crippen molar-refractivity contribution in [2.75, 3.05) is 0 Å². The highest BCUT2D eigenvalue weighted by Crippen LogP contribution is 2.28. The first kappa shape index (κ1) is 23.0. The van der Waals surface area contributed by atoms with Crippen LogP contribution in [0.15, 0.2) is 53.1 Å². The molecule has 31 heavy (non-hydrogen) atoms. The molecule has 0 atom stereocenters. The number of aromatic nitrogens is 2. The van der Waals surface area contributed by atoms with Gasteiger partial charge in [0.15, 0.2) is 0 Å². The first-order chi connectivity index (χ1) is 14.5. The van der Waals surface area contributed by atoms with Crippen molar-refractivity contribution in [2.24, 2.45) is 11.8 Å². The van der Waals surface area contributed by atoms with Crippen LogP contribution in [0.4, 0.5) is 0 Å². The van der Waals surface area contributed by atoms with Crippen LogP contribution in [-0.4, -0.2) is 27.3 Å². The van der Waals surface area contributed by atoms with Crippen LogP contribution in [0, 0.1) is 11.8 Å². The molecule has 1 fully saturated rings. The van der Waals surface area contributed by atoms with Crippen molar-refractivity contribution in [1.29, 1.82) is 0 Å². The fourth-order valence-electron chi connectivity index (χ4n) is 3.73. The van der Waals surface area contributed by atoms with E-state index in [0.29, 0.717) is 30.5 Å². The van der Waals surface area contributed by atoms with Crippen LogP contribution in [0.3, 0.4) is 0 Å². The third-order valence-corrected chi connectivity index (χ3v) is 5.57. The highest BCUT2D eigenvalue weighted by molar-refractivity contribution is 5.85. The number of carbonyl (C=O) groups is 1. The number of halogens is 1. The molecule has 0 bridgehead atoms. The second kappa shape index (κ2) is 10.1. The summed E-state index contributed by atoms with van der Waals surface area (Å²) >= 11 is 0. The number of nitrogens with one attached hydrogen (secondary N) is 1. The summed E-state index contributed by atoms with van der Waals surface area (Å²) in [6, 6.07) is 16.6. The molecule has 1 saturated carbocycles. The van der Waals surface area contributed by atoms with E-state index in [1.54, 1.807) is 0 Å². The zero-order chi connectivity index (χ0) is 21.1. The summed E-state index contributed by atoms with van der Waals surface area (Å²) in [6.07, 6.45) is 2.46. The van der Waals surface area contributed by atoms with Crippen molar-refractivity contribution in [1.82, 2.24) is 15.5 Å². The van der Waals surface area contributed by atoms with Crippen LogP contribution in [0.2, 0.25) is 0 Å². The van der Waals surface area contributed by atoms with Crippen molar-refractivity contribution in [3.05, 3.63) is 59.7 Å². The van der Waals surface area contributed by atoms with Gasteiger partial charge in [0, 0.05) is 23.7 Å². The second-order valence-corrected chi connectivity index (χ2v) is 8.50. The predicted octanol–water partition coefficient (Wildman–Crippen LogP) is 4.98. The quantitative estimate of drug-likeness (QED) is 0.512. The molecule has 3 aromatic rings. The van der Waals surface area contributed by atoms with Gasteiger partial charge in [-0.3, -0.25) is 4.79 Å². The van der Waals surface area contributed by atoms with E-state index in [2.05, 4.69) is 41.4 Å². The van der Waals surface area contributed by atoms with Crippen LogP contribution in [0.5, 0.6) is 0 Å². The van der Waals surface area contributed by atoms with Crippen molar-refractivity contribution in [3.8, 4) is 22.8 Å². The summed E-state index contributed by atoms with van der Waals surface area (Å²) < 4.78 is 5.47. The van der Waals surface area contributed by atoms with Crippen molar-refractivity contribution in [2.45, 2.75) is 45.7 Å². The number of benzene rings is 2. The Bertz CT molecular complexity index is 994. The Morgan fingerprint density at radius 3 is 2.29 bits per heavy atom. The number of rotatable bonds is 8. The summed E-state index contributed by atoms with van der Waals surface area (Å²) in [5, 5.41) is 16.5. The molecule has 0 radical (unpaired) electrons. The highest BCUT2D eigenvalue weighted by Gasteiger charge is 2.33. The Morgan fingerprint density at radius 2 is 1.68 bits per heavy atom. The van der Waals surface area contributed by atoms with E-state index in [0.717, 1.165) is 29.7 Å². The van der Waals surface area contributed by atoms with E-state index >= 15 is 0 Å². The Hall–Kier alpha value is -2.70. The second-order valence-electron chi connectivity index (χ2n) is 8.50. The summed E-state index contributed by atoms with van der Waals surface area (Å²) in [6.45, 7) is 5.14. The summed E-state index contributed by atoms with van der Waals surface area (Å²) in [5.74, 6) is 0.829. The largest absolute Gasteiger partial charge is 0.481 e. The zero-order valence-electron chi connectivity index (χ0n) is 17.7. The lowest BCUT2D eigenvalue weighted by Crippen LogP contribution is -2.43. The SMILES string of the molecule is CC(C)Cc1ccc(-c2nc(-c3ccc(CNC4CC(C(=O)O)C4)cc3)no2)cc1.Cl. The van der Waals surface area contributed by atoms with Gasteiger partial charge in [0.2, 0.25) is 5.82 Å². The summed E-state index contributed by atoms with van der Waals surface area (Å²) in [7, 11) is 0. The lowest BCUT2D eigenvalue weighted by atomic mass is 9.80. The van der Waals surface area contributed by atoms with Crippen molar-refractivity contribution < 1.29 is 14.4 Å². The minimum Gasteiger partial charge on any atom is -0.481 e. The van der Waals surface area contributed by atoms with Crippen molar-refractivity contribution in [3.63, 3.8) is 0 Å². The molecule has 0 spiro atoms. The van der Waals surface area contributed by atoms with E-state index in [-0.39, 0.29) is 24.4 Å². The third kappa shape index (κ3) is 5.71. The van der Waals surface area contributed by atoms with Gasteiger partial charge in [-0.1, -0.05) is 55.4 Å². The van der Waals surface area contributed by atoms with Gasteiger partial charge in [-0.2, -0.15) is 4.98 Å². The number of hydrogen-bond acceptors (Lipinski definition) is 5. The molecule has 0 aliphatic heterocycles. The van der Waals surface area contributed by atoms with E-state index in [1.807, 2.05) is 36.4 Å². The van der Waals surface area contributed by atoms with Crippen LogP contribution in [-0.2, 0) is 17.8 Å². The molecule has 1 aliphatic rings. The molecule has 2 aromatic carbocycles. The Morgan fingerprint density at radius 1 is 1.06 bits per heavy atom. The monoisotopic (exact) mass is 441 g/mol. The minimum atomic E-state index is -0.691. The number of carboxylic acid groups (broad SMARTS) is 1. The predicted molar refractivity (Wildman–Crippen MR) is 122 cm³/mol. The average molecular weight is 442 g/mol. The van der Waals surface area contributed by atoms with Crippen LogP contribution in [0.25, 0.3) is 22.8 Å². The van der Waals surface area contributed by atoms with Gasteiger partial charge in [-0.05, 0) is 48.4 Å². The maximum absolute atomic E-state index is 10.9.